The molecule has 1 aromatic heterocycles. The van der Waals surface area contributed by atoms with Crippen molar-refractivity contribution in [3.8, 4) is 0 Å². The largest absolute Gasteiger partial charge is 0.378 e. The van der Waals surface area contributed by atoms with E-state index in [1.54, 1.807) is 0 Å². The molecule has 0 atom stereocenters. The number of anilines is 5. The average molecular weight is 347 g/mol. The summed E-state index contributed by atoms with van der Waals surface area (Å²) in [6, 6.07) is 16.5. The molecule has 0 saturated heterocycles. The van der Waals surface area contributed by atoms with Crippen LogP contribution in [0.5, 0.6) is 0 Å². The van der Waals surface area contributed by atoms with E-state index in [0.717, 1.165) is 28.7 Å². The maximum atomic E-state index is 4.50. The van der Waals surface area contributed by atoms with Gasteiger partial charge in [0.15, 0.2) is 0 Å². The smallest absolute Gasteiger partial charge is 0.136 e. The molecule has 0 amide bonds. The van der Waals surface area contributed by atoms with E-state index in [1.807, 2.05) is 39.2 Å². The molecule has 26 heavy (non-hydrogen) atoms. The van der Waals surface area contributed by atoms with Crippen molar-refractivity contribution in [2.45, 2.75) is 20.8 Å². The summed E-state index contributed by atoms with van der Waals surface area (Å²) in [6.45, 7) is 6.08. The van der Waals surface area contributed by atoms with Crippen molar-refractivity contribution in [3.63, 3.8) is 0 Å². The molecule has 0 radical (unpaired) electrons. The first kappa shape index (κ1) is 17.7. The van der Waals surface area contributed by atoms with E-state index in [4.69, 9.17) is 0 Å². The molecule has 0 aliphatic rings. The van der Waals surface area contributed by atoms with Crippen LogP contribution >= 0.6 is 0 Å². The highest BCUT2D eigenvalue weighted by Gasteiger charge is 2.05. The van der Waals surface area contributed by atoms with Gasteiger partial charge in [-0.15, -0.1) is 0 Å². The molecule has 0 saturated carbocycles. The Bertz CT molecular complexity index is 881. The van der Waals surface area contributed by atoms with E-state index in [1.165, 1.54) is 11.1 Å². The zero-order valence-electron chi connectivity index (χ0n) is 16.0. The minimum Gasteiger partial charge on any atom is -0.378 e. The molecule has 0 unspecified atom stereocenters. The Hall–Kier alpha value is -3.08. The monoisotopic (exact) mass is 347 g/mol. The molecule has 2 aromatic carbocycles. The lowest BCUT2D eigenvalue weighted by Crippen LogP contribution is -2.08. The number of benzene rings is 2. The fourth-order valence-electron chi connectivity index (χ4n) is 2.88. The van der Waals surface area contributed by atoms with E-state index in [0.29, 0.717) is 5.82 Å². The van der Waals surface area contributed by atoms with E-state index >= 15 is 0 Å². The lowest BCUT2D eigenvalue weighted by Gasteiger charge is -2.14. The summed E-state index contributed by atoms with van der Waals surface area (Å²) in [5, 5.41) is 6.73. The number of rotatable bonds is 5. The van der Waals surface area contributed by atoms with Gasteiger partial charge in [-0.05, 0) is 68.3 Å². The Morgan fingerprint density at radius 3 is 1.77 bits per heavy atom. The van der Waals surface area contributed by atoms with Crippen molar-refractivity contribution in [2.75, 3.05) is 29.6 Å². The molecular weight excluding hydrogens is 322 g/mol. The van der Waals surface area contributed by atoms with Gasteiger partial charge in [0.1, 0.15) is 17.5 Å². The van der Waals surface area contributed by atoms with Crippen LogP contribution in [0.2, 0.25) is 0 Å². The summed E-state index contributed by atoms with van der Waals surface area (Å²) in [5.41, 5.74) is 5.62. The van der Waals surface area contributed by atoms with Crippen molar-refractivity contribution < 1.29 is 0 Å². The molecule has 5 nitrogen and oxygen atoms in total. The zero-order valence-corrected chi connectivity index (χ0v) is 16.0. The van der Waals surface area contributed by atoms with E-state index in [-0.39, 0.29) is 0 Å². The predicted molar refractivity (Wildman–Crippen MR) is 110 cm³/mol. The van der Waals surface area contributed by atoms with Gasteiger partial charge < -0.3 is 15.5 Å². The van der Waals surface area contributed by atoms with Crippen LogP contribution in [0, 0.1) is 20.8 Å². The van der Waals surface area contributed by atoms with Crippen LogP contribution in [0.15, 0.2) is 48.5 Å². The van der Waals surface area contributed by atoms with Gasteiger partial charge in [0, 0.05) is 37.2 Å². The first-order valence-corrected chi connectivity index (χ1v) is 8.64. The van der Waals surface area contributed by atoms with Crippen molar-refractivity contribution in [1.29, 1.82) is 0 Å². The van der Waals surface area contributed by atoms with Crippen molar-refractivity contribution in [3.05, 3.63) is 65.5 Å². The molecule has 2 N–H and O–H groups in total. The zero-order chi connectivity index (χ0) is 18.7. The number of nitrogens with zero attached hydrogens (tertiary/aromatic N) is 3. The molecule has 0 fully saturated rings. The Morgan fingerprint density at radius 1 is 0.692 bits per heavy atom. The molecule has 0 aliphatic carbocycles. The first-order chi connectivity index (χ1) is 12.4. The third-order valence-corrected chi connectivity index (χ3v) is 3.99. The highest BCUT2D eigenvalue weighted by Crippen LogP contribution is 2.23. The molecular formula is C21H25N5. The van der Waals surface area contributed by atoms with Gasteiger partial charge in [0.25, 0.3) is 0 Å². The minimum atomic E-state index is 0.715. The summed E-state index contributed by atoms with van der Waals surface area (Å²) in [6.07, 6.45) is 0. The predicted octanol–water partition coefficient (Wildman–Crippen LogP) is 4.96. The summed E-state index contributed by atoms with van der Waals surface area (Å²) in [5.74, 6) is 2.25. The molecule has 0 aliphatic heterocycles. The molecule has 3 aromatic rings. The van der Waals surface area contributed by atoms with Crippen LogP contribution in [0.4, 0.5) is 28.7 Å². The maximum Gasteiger partial charge on any atom is 0.136 e. The third kappa shape index (κ3) is 4.51. The number of hydrogen-bond donors (Lipinski definition) is 2. The van der Waals surface area contributed by atoms with Gasteiger partial charge in [0.05, 0.1) is 0 Å². The van der Waals surface area contributed by atoms with Crippen LogP contribution in [0.3, 0.4) is 0 Å². The Balaban J connectivity index is 1.80. The Labute approximate surface area is 155 Å². The molecule has 3 rings (SSSR count). The molecule has 5 heteroatoms. The first-order valence-electron chi connectivity index (χ1n) is 8.64. The Kier molecular flexibility index (Phi) is 5.07. The second-order valence-corrected chi connectivity index (χ2v) is 6.75. The molecule has 134 valence electrons. The lowest BCUT2D eigenvalue weighted by atomic mass is 10.1. The van der Waals surface area contributed by atoms with E-state index in [2.05, 4.69) is 69.7 Å². The topological polar surface area (TPSA) is 53.1 Å². The fourth-order valence-corrected chi connectivity index (χ4v) is 2.88. The Morgan fingerprint density at radius 2 is 1.23 bits per heavy atom. The number of aryl methyl sites for hydroxylation is 3. The van der Waals surface area contributed by atoms with Gasteiger partial charge in [-0.25, -0.2) is 9.97 Å². The number of hydrogen-bond acceptors (Lipinski definition) is 5. The fraction of sp³-hybridized carbons (Fsp3) is 0.238. The minimum absolute atomic E-state index is 0.715. The van der Waals surface area contributed by atoms with Gasteiger partial charge in [0.2, 0.25) is 0 Å². The molecule has 0 bridgehead atoms. The number of nitrogens with one attached hydrogen (secondary N) is 2. The lowest BCUT2D eigenvalue weighted by molar-refractivity contribution is 1.06. The SMILES string of the molecule is Cc1cc(C)cc(Nc2cc(Nc3ccc(N(C)C)cc3)nc(C)n2)c1. The second kappa shape index (κ2) is 7.44. The van der Waals surface area contributed by atoms with E-state index < -0.39 is 0 Å². The van der Waals surface area contributed by atoms with Crippen molar-refractivity contribution in [1.82, 2.24) is 9.97 Å². The molecule has 1 heterocycles. The summed E-state index contributed by atoms with van der Waals surface area (Å²) in [7, 11) is 4.06. The standard InChI is InChI=1S/C21H25N5/c1-14-10-15(2)12-18(11-14)25-21-13-20(22-16(3)23-21)24-17-6-8-19(9-7-17)26(4)5/h6-13H,1-5H3,(H2,22,23,24,25). The maximum absolute atomic E-state index is 4.50. The highest BCUT2D eigenvalue weighted by molar-refractivity contribution is 5.65. The number of aromatic nitrogens is 2. The van der Waals surface area contributed by atoms with Gasteiger partial charge >= 0.3 is 0 Å². The van der Waals surface area contributed by atoms with Gasteiger partial charge in [-0.2, -0.15) is 0 Å². The van der Waals surface area contributed by atoms with Crippen molar-refractivity contribution in [2.24, 2.45) is 0 Å². The van der Waals surface area contributed by atoms with Crippen molar-refractivity contribution >= 4 is 28.7 Å². The van der Waals surface area contributed by atoms with Gasteiger partial charge in [-0.3, -0.25) is 0 Å². The summed E-state index contributed by atoms with van der Waals surface area (Å²) >= 11 is 0. The molecule has 0 spiro atoms. The van der Waals surface area contributed by atoms with Crippen LogP contribution in [0.25, 0.3) is 0 Å². The van der Waals surface area contributed by atoms with Gasteiger partial charge in [-0.1, -0.05) is 6.07 Å². The summed E-state index contributed by atoms with van der Waals surface area (Å²) in [4.78, 5) is 11.1. The average Bonchev–Trinajstić information content (AvgIpc) is 2.53. The van der Waals surface area contributed by atoms with Crippen LogP contribution in [0.1, 0.15) is 17.0 Å². The van der Waals surface area contributed by atoms with Crippen LogP contribution in [-0.4, -0.2) is 24.1 Å². The quantitative estimate of drug-likeness (QED) is 0.683. The van der Waals surface area contributed by atoms with Crippen LogP contribution in [-0.2, 0) is 0 Å². The van der Waals surface area contributed by atoms with Crippen LogP contribution < -0.4 is 15.5 Å². The third-order valence-electron chi connectivity index (χ3n) is 3.99. The van der Waals surface area contributed by atoms with E-state index in [9.17, 15) is 0 Å². The summed E-state index contributed by atoms with van der Waals surface area (Å²) < 4.78 is 0. The second-order valence-electron chi connectivity index (χ2n) is 6.75. The normalized spacial score (nSPS) is 10.5. The highest BCUT2D eigenvalue weighted by atomic mass is 15.1.